The molecule has 0 radical (unpaired) electrons. The van der Waals surface area contributed by atoms with Gasteiger partial charge in [0, 0.05) is 18.8 Å². The van der Waals surface area contributed by atoms with Crippen LogP contribution in [0.1, 0.15) is 65.2 Å². The summed E-state index contributed by atoms with van der Waals surface area (Å²) in [5.41, 5.74) is 1.35. The number of ether oxygens (including phenoxy) is 1. The highest BCUT2D eigenvalue weighted by atomic mass is 16.5. The molecule has 2 rings (SSSR count). The van der Waals surface area contributed by atoms with Crippen molar-refractivity contribution in [3.8, 4) is 5.75 Å². The third-order valence-corrected chi connectivity index (χ3v) is 4.71. The van der Waals surface area contributed by atoms with Crippen molar-refractivity contribution in [3.05, 3.63) is 24.3 Å². The molecule has 2 nitrogen and oxygen atoms in total. The average molecular weight is 303 g/mol. The lowest BCUT2D eigenvalue weighted by atomic mass is 9.98. The number of piperidine rings is 1. The van der Waals surface area contributed by atoms with Crippen LogP contribution in [-0.4, -0.2) is 19.7 Å². The highest BCUT2D eigenvalue weighted by Crippen LogP contribution is 2.24. The summed E-state index contributed by atoms with van der Waals surface area (Å²) in [6.07, 6.45) is 10.5. The van der Waals surface area contributed by atoms with Gasteiger partial charge in [-0.15, -0.1) is 0 Å². The first-order valence-electron chi connectivity index (χ1n) is 9.31. The van der Waals surface area contributed by atoms with Crippen LogP contribution in [-0.2, 0) is 0 Å². The van der Waals surface area contributed by atoms with E-state index in [1.54, 1.807) is 0 Å². The molecule has 1 aliphatic rings. The van der Waals surface area contributed by atoms with Gasteiger partial charge in [-0.2, -0.15) is 0 Å². The molecule has 1 aliphatic heterocycles. The number of nitrogens with zero attached hydrogens (tertiary/aromatic N) is 1. The Balaban J connectivity index is 1.81. The molecule has 1 saturated heterocycles. The highest BCUT2D eigenvalue weighted by Gasteiger charge is 2.11. The molecule has 1 heterocycles. The number of rotatable bonds is 9. The van der Waals surface area contributed by atoms with Gasteiger partial charge in [0.05, 0.1) is 6.61 Å². The second kappa shape index (κ2) is 9.76. The van der Waals surface area contributed by atoms with Crippen LogP contribution in [0, 0.1) is 5.92 Å². The molecular weight excluding hydrogens is 270 g/mol. The quantitative estimate of drug-likeness (QED) is 0.583. The summed E-state index contributed by atoms with van der Waals surface area (Å²) in [5.74, 6) is 1.74. The topological polar surface area (TPSA) is 12.5 Å². The fourth-order valence-electron chi connectivity index (χ4n) is 3.33. The van der Waals surface area contributed by atoms with Gasteiger partial charge in [0.1, 0.15) is 5.75 Å². The van der Waals surface area contributed by atoms with Crippen molar-refractivity contribution in [2.45, 2.75) is 65.2 Å². The van der Waals surface area contributed by atoms with E-state index < -0.39 is 0 Å². The van der Waals surface area contributed by atoms with Crippen molar-refractivity contribution in [2.24, 2.45) is 5.92 Å². The Morgan fingerprint density at radius 1 is 0.955 bits per heavy atom. The van der Waals surface area contributed by atoms with E-state index in [0.717, 1.165) is 12.4 Å². The molecule has 1 atom stereocenters. The Morgan fingerprint density at radius 2 is 1.68 bits per heavy atom. The monoisotopic (exact) mass is 303 g/mol. The maximum atomic E-state index is 6.04. The number of benzene rings is 1. The first-order chi connectivity index (χ1) is 10.8. The molecule has 0 amide bonds. The highest BCUT2D eigenvalue weighted by molar-refractivity contribution is 5.49. The van der Waals surface area contributed by atoms with E-state index in [4.69, 9.17) is 4.74 Å². The van der Waals surface area contributed by atoms with Gasteiger partial charge in [-0.3, -0.25) is 0 Å². The molecule has 1 aromatic rings. The largest absolute Gasteiger partial charge is 0.493 e. The van der Waals surface area contributed by atoms with Gasteiger partial charge >= 0.3 is 0 Å². The molecule has 0 spiro atoms. The van der Waals surface area contributed by atoms with Crippen molar-refractivity contribution >= 4 is 5.69 Å². The lowest BCUT2D eigenvalue weighted by Crippen LogP contribution is -2.29. The molecule has 124 valence electrons. The lowest BCUT2D eigenvalue weighted by Gasteiger charge is -2.28. The molecule has 0 N–H and O–H groups in total. The van der Waals surface area contributed by atoms with Crippen LogP contribution in [0.25, 0.3) is 0 Å². The zero-order valence-corrected chi connectivity index (χ0v) is 14.5. The fourth-order valence-corrected chi connectivity index (χ4v) is 3.33. The zero-order valence-electron chi connectivity index (χ0n) is 14.5. The second-order valence-electron chi connectivity index (χ2n) is 6.65. The van der Waals surface area contributed by atoms with E-state index >= 15 is 0 Å². The molecule has 1 fully saturated rings. The number of anilines is 1. The summed E-state index contributed by atoms with van der Waals surface area (Å²) in [4.78, 5) is 2.49. The van der Waals surface area contributed by atoms with E-state index in [-0.39, 0.29) is 0 Å². The van der Waals surface area contributed by atoms with Crippen LogP contribution in [0.3, 0.4) is 0 Å². The van der Waals surface area contributed by atoms with Crippen LogP contribution in [0.2, 0.25) is 0 Å². The Hall–Kier alpha value is -1.18. The van der Waals surface area contributed by atoms with Crippen molar-refractivity contribution in [3.63, 3.8) is 0 Å². The Labute approximate surface area is 136 Å². The Bertz CT molecular complexity index is 395. The van der Waals surface area contributed by atoms with Gasteiger partial charge in [-0.25, -0.2) is 0 Å². The summed E-state index contributed by atoms with van der Waals surface area (Å²) < 4.78 is 6.04. The van der Waals surface area contributed by atoms with Crippen LogP contribution < -0.4 is 9.64 Å². The van der Waals surface area contributed by atoms with E-state index in [1.807, 2.05) is 0 Å². The first kappa shape index (κ1) is 17.2. The van der Waals surface area contributed by atoms with Gasteiger partial charge in [0.15, 0.2) is 0 Å². The summed E-state index contributed by atoms with van der Waals surface area (Å²) in [6, 6.07) is 8.74. The summed E-state index contributed by atoms with van der Waals surface area (Å²) in [6.45, 7) is 7.82. The molecule has 0 saturated carbocycles. The molecule has 0 aromatic heterocycles. The van der Waals surface area contributed by atoms with E-state index in [1.165, 1.54) is 70.1 Å². The van der Waals surface area contributed by atoms with Crippen molar-refractivity contribution in [1.29, 1.82) is 0 Å². The molecular formula is C20H33NO. The van der Waals surface area contributed by atoms with Crippen LogP contribution in [0.15, 0.2) is 24.3 Å². The smallest absolute Gasteiger partial charge is 0.119 e. The van der Waals surface area contributed by atoms with Crippen molar-refractivity contribution < 1.29 is 4.74 Å². The van der Waals surface area contributed by atoms with Crippen molar-refractivity contribution in [2.75, 3.05) is 24.6 Å². The third kappa shape index (κ3) is 5.55. The molecule has 0 aliphatic carbocycles. The predicted octanol–water partition coefficient (Wildman–Crippen LogP) is 5.66. The Morgan fingerprint density at radius 3 is 2.32 bits per heavy atom. The minimum Gasteiger partial charge on any atom is -0.493 e. The van der Waals surface area contributed by atoms with Gasteiger partial charge < -0.3 is 9.64 Å². The van der Waals surface area contributed by atoms with Gasteiger partial charge in [0.2, 0.25) is 0 Å². The van der Waals surface area contributed by atoms with Crippen LogP contribution >= 0.6 is 0 Å². The maximum absolute atomic E-state index is 6.04. The first-order valence-corrected chi connectivity index (χ1v) is 9.31. The summed E-state index contributed by atoms with van der Waals surface area (Å²) >= 11 is 0. The summed E-state index contributed by atoms with van der Waals surface area (Å²) in [7, 11) is 0. The van der Waals surface area contributed by atoms with Crippen LogP contribution in [0.5, 0.6) is 5.75 Å². The van der Waals surface area contributed by atoms with Crippen molar-refractivity contribution in [1.82, 2.24) is 0 Å². The van der Waals surface area contributed by atoms with E-state index in [9.17, 15) is 0 Å². The van der Waals surface area contributed by atoms with Gasteiger partial charge in [-0.05, 0) is 62.3 Å². The van der Waals surface area contributed by atoms with Gasteiger partial charge in [0.25, 0.3) is 0 Å². The third-order valence-electron chi connectivity index (χ3n) is 4.71. The minimum absolute atomic E-state index is 0.715. The lowest BCUT2D eigenvalue weighted by molar-refractivity contribution is 0.228. The van der Waals surface area contributed by atoms with E-state index in [0.29, 0.717) is 5.92 Å². The maximum Gasteiger partial charge on any atom is 0.119 e. The normalized spacial score (nSPS) is 16.5. The average Bonchev–Trinajstić information content (AvgIpc) is 2.58. The number of hydrogen-bond acceptors (Lipinski definition) is 2. The molecule has 2 heteroatoms. The molecule has 22 heavy (non-hydrogen) atoms. The molecule has 1 unspecified atom stereocenters. The second-order valence-corrected chi connectivity index (χ2v) is 6.65. The predicted molar refractivity (Wildman–Crippen MR) is 95.9 cm³/mol. The molecule has 0 bridgehead atoms. The number of hydrogen-bond donors (Lipinski definition) is 0. The minimum atomic E-state index is 0.715. The Kier molecular flexibility index (Phi) is 7.62. The van der Waals surface area contributed by atoms with E-state index in [2.05, 4.69) is 43.0 Å². The fraction of sp³-hybridized carbons (Fsp3) is 0.700. The number of unbranched alkanes of at least 4 members (excludes halogenated alkanes) is 1. The van der Waals surface area contributed by atoms with Crippen LogP contribution in [0.4, 0.5) is 5.69 Å². The molecule has 1 aromatic carbocycles. The van der Waals surface area contributed by atoms with Gasteiger partial charge in [-0.1, -0.05) is 33.1 Å². The zero-order chi connectivity index (χ0) is 15.6. The standard InChI is InChI=1S/C20H33NO/c1-3-5-10-18(9-4-2)17-22-20-13-11-19(12-14-20)21-15-7-6-8-16-21/h11-14,18H,3-10,15-17H2,1-2H3. The summed E-state index contributed by atoms with van der Waals surface area (Å²) in [5, 5.41) is 0. The SMILES string of the molecule is CCCCC(CCC)COc1ccc(N2CCCCC2)cc1.